The van der Waals surface area contributed by atoms with E-state index in [1.807, 2.05) is 0 Å². The molecule has 2 rings (SSSR count). The third-order valence-electron chi connectivity index (χ3n) is 6.03. The fourth-order valence-corrected chi connectivity index (χ4v) is 4.04. The molecule has 7 nitrogen and oxygen atoms in total. The van der Waals surface area contributed by atoms with Crippen molar-refractivity contribution in [3.63, 3.8) is 0 Å². The van der Waals surface area contributed by atoms with E-state index in [9.17, 15) is 10.2 Å². The quantitative estimate of drug-likeness (QED) is 0.512. The Hall–Kier alpha value is -2.42. The van der Waals surface area contributed by atoms with E-state index in [4.69, 9.17) is 23.4 Å². The monoisotopic (exact) mass is 464 g/mol. The summed E-state index contributed by atoms with van der Waals surface area (Å²) in [6.07, 6.45) is -2.46. The summed E-state index contributed by atoms with van der Waals surface area (Å²) in [5, 5.41) is 21.9. The topological polar surface area (TPSA) is 86.6 Å². The van der Waals surface area contributed by atoms with Gasteiger partial charge in [-0.15, -0.1) is 0 Å². The van der Waals surface area contributed by atoms with Gasteiger partial charge in [0.2, 0.25) is 5.75 Å². The molecule has 0 aromatic heterocycles. The van der Waals surface area contributed by atoms with E-state index in [1.165, 1.54) is 21.3 Å². The SMILES string of the molecule is COc1ccc([C@@H](O)C(O)c2cc(OC)c(OC)c(OC)c2)cc1O[Si](C)(C)C(C)(C)C. The Kier molecular flexibility index (Phi) is 8.09. The van der Waals surface area contributed by atoms with Gasteiger partial charge in [0.1, 0.15) is 18.0 Å². The number of benzene rings is 2. The molecule has 0 radical (unpaired) electrons. The number of rotatable bonds is 9. The Labute approximate surface area is 192 Å². The minimum atomic E-state index is -2.15. The molecule has 0 amide bonds. The summed E-state index contributed by atoms with van der Waals surface area (Å²) in [6.45, 7) is 10.7. The largest absolute Gasteiger partial charge is 0.541 e. The van der Waals surface area contributed by atoms with Gasteiger partial charge in [0.05, 0.1) is 28.4 Å². The third-order valence-corrected chi connectivity index (χ3v) is 10.4. The average molecular weight is 465 g/mol. The highest BCUT2D eigenvalue weighted by atomic mass is 28.4. The lowest BCUT2D eigenvalue weighted by Crippen LogP contribution is -2.44. The molecule has 0 aliphatic heterocycles. The van der Waals surface area contributed by atoms with Gasteiger partial charge in [0.25, 0.3) is 8.32 Å². The molecule has 2 aromatic carbocycles. The number of ether oxygens (including phenoxy) is 4. The highest BCUT2D eigenvalue weighted by molar-refractivity contribution is 6.74. The average Bonchev–Trinajstić information content (AvgIpc) is 2.75. The van der Waals surface area contributed by atoms with E-state index in [2.05, 4.69) is 33.9 Å². The molecule has 0 spiro atoms. The number of hydrogen-bond acceptors (Lipinski definition) is 7. The maximum absolute atomic E-state index is 11.0. The van der Waals surface area contributed by atoms with Gasteiger partial charge in [-0.3, -0.25) is 0 Å². The van der Waals surface area contributed by atoms with Crippen LogP contribution in [0.2, 0.25) is 18.1 Å². The molecule has 2 atom stereocenters. The van der Waals surface area contributed by atoms with Crippen LogP contribution in [0.15, 0.2) is 30.3 Å². The van der Waals surface area contributed by atoms with E-state index in [0.29, 0.717) is 39.9 Å². The Morgan fingerprint density at radius 1 is 0.688 bits per heavy atom. The first kappa shape index (κ1) is 25.8. The van der Waals surface area contributed by atoms with Crippen LogP contribution in [0.5, 0.6) is 28.7 Å². The first-order valence-corrected chi connectivity index (χ1v) is 13.3. The number of methoxy groups -OCH3 is 4. The molecule has 2 aromatic rings. The van der Waals surface area contributed by atoms with E-state index < -0.39 is 20.5 Å². The predicted octanol–water partition coefficient (Wildman–Crippen LogP) is 4.87. The van der Waals surface area contributed by atoms with Crippen LogP contribution in [0, 0.1) is 0 Å². The molecule has 178 valence electrons. The Morgan fingerprint density at radius 3 is 1.59 bits per heavy atom. The molecule has 0 saturated carbocycles. The van der Waals surface area contributed by atoms with Crippen molar-refractivity contribution < 1.29 is 33.6 Å². The van der Waals surface area contributed by atoms with Crippen molar-refractivity contribution in [1.82, 2.24) is 0 Å². The second kappa shape index (κ2) is 10.0. The molecule has 32 heavy (non-hydrogen) atoms. The highest BCUT2D eigenvalue weighted by Gasteiger charge is 2.39. The van der Waals surface area contributed by atoms with Crippen molar-refractivity contribution in [2.75, 3.05) is 28.4 Å². The summed E-state index contributed by atoms with van der Waals surface area (Å²) in [7, 11) is 3.93. The summed E-state index contributed by atoms with van der Waals surface area (Å²) in [4.78, 5) is 0. The zero-order valence-corrected chi connectivity index (χ0v) is 21.5. The van der Waals surface area contributed by atoms with Crippen molar-refractivity contribution in [3.8, 4) is 28.7 Å². The van der Waals surface area contributed by atoms with Crippen molar-refractivity contribution in [1.29, 1.82) is 0 Å². The Morgan fingerprint density at radius 2 is 1.16 bits per heavy atom. The third kappa shape index (κ3) is 5.31. The molecule has 0 bridgehead atoms. The van der Waals surface area contributed by atoms with Gasteiger partial charge in [-0.05, 0) is 53.5 Å². The molecule has 0 fully saturated rings. The van der Waals surface area contributed by atoms with Crippen LogP contribution in [0.3, 0.4) is 0 Å². The summed E-state index contributed by atoms with van der Waals surface area (Å²) in [6, 6.07) is 8.41. The fourth-order valence-electron chi connectivity index (χ4n) is 3.02. The maximum Gasteiger partial charge on any atom is 0.250 e. The number of hydrogen-bond donors (Lipinski definition) is 2. The summed E-state index contributed by atoms with van der Waals surface area (Å²) in [5.74, 6) is 2.32. The molecular weight excluding hydrogens is 428 g/mol. The van der Waals surface area contributed by atoms with Gasteiger partial charge in [-0.1, -0.05) is 26.8 Å². The van der Waals surface area contributed by atoms with Crippen LogP contribution >= 0.6 is 0 Å². The highest BCUT2D eigenvalue weighted by Crippen LogP contribution is 2.44. The van der Waals surface area contributed by atoms with Gasteiger partial charge in [-0.2, -0.15) is 0 Å². The number of aliphatic hydroxyl groups excluding tert-OH is 2. The smallest absolute Gasteiger partial charge is 0.250 e. The molecular formula is C24H36O7Si. The zero-order valence-electron chi connectivity index (χ0n) is 20.5. The van der Waals surface area contributed by atoms with Gasteiger partial charge >= 0.3 is 0 Å². The Bertz CT molecular complexity index is 896. The van der Waals surface area contributed by atoms with Crippen LogP contribution in [0.1, 0.15) is 44.1 Å². The number of aliphatic hydroxyl groups is 2. The van der Waals surface area contributed by atoms with Crippen LogP contribution in [-0.4, -0.2) is 47.0 Å². The fraction of sp³-hybridized carbons (Fsp3) is 0.500. The normalized spacial score (nSPS) is 13.8. The van der Waals surface area contributed by atoms with E-state index in [1.54, 1.807) is 37.4 Å². The van der Waals surface area contributed by atoms with Gasteiger partial charge in [0, 0.05) is 0 Å². The summed E-state index contributed by atoms with van der Waals surface area (Å²) >= 11 is 0. The summed E-state index contributed by atoms with van der Waals surface area (Å²) in [5.41, 5.74) is 0.926. The van der Waals surface area contributed by atoms with Crippen molar-refractivity contribution in [2.45, 2.75) is 51.1 Å². The van der Waals surface area contributed by atoms with Gasteiger partial charge in [0.15, 0.2) is 17.2 Å². The van der Waals surface area contributed by atoms with E-state index in [-0.39, 0.29) is 5.04 Å². The van der Waals surface area contributed by atoms with Crippen molar-refractivity contribution >= 4 is 8.32 Å². The van der Waals surface area contributed by atoms with E-state index in [0.717, 1.165) is 0 Å². The molecule has 0 saturated heterocycles. The molecule has 8 heteroatoms. The second-order valence-electron chi connectivity index (χ2n) is 9.12. The first-order chi connectivity index (χ1) is 14.9. The minimum Gasteiger partial charge on any atom is -0.541 e. The lowest BCUT2D eigenvalue weighted by molar-refractivity contribution is 0.0169. The van der Waals surface area contributed by atoms with Crippen LogP contribution in [0.25, 0.3) is 0 Å². The minimum absolute atomic E-state index is 0.0116. The van der Waals surface area contributed by atoms with Crippen molar-refractivity contribution in [2.24, 2.45) is 0 Å². The van der Waals surface area contributed by atoms with Gasteiger partial charge in [-0.25, -0.2) is 0 Å². The molecule has 0 heterocycles. The first-order valence-electron chi connectivity index (χ1n) is 10.4. The molecule has 2 N–H and O–H groups in total. The second-order valence-corrected chi connectivity index (χ2v) is 13.8. The molecule has 0 aliphatic carbocycles. The predicted molar refractivity (Wildman–Crippen MR) is 127 cm³/mol. The Balaban J connectivity index is 2.44. The zero-order chi connectivity index (χ0) is 24.3. The molecule has 1 unspecified atom stereocenters. The van der Waals surface area contributed by atoms with Crippen LogP contribution in [0.4, 0.5) is 0 Å². The van der Waals surface area contributed by atoms with Crippen molar-refractivity contribution in [3.05, 3.63) is 41.5 Å². The van der Waals surface area contributed by atoms with E-state index >= 15 is 0 Å². The van der Waals surface area contributed by atoms with Crippen LogP contribution < -0.4 is 23.4 Å². The van der Waals surface area contributed by atoms with Crippen LogP contribution in [-0.2, 0) is 0 Å². The lowest BCUT2D eigenvalue weighted by atomic mass is 9.97. The lowest BCUT2D eigenvalue weighted by Gasteiger charge is -2.37. The van der Waals surface area contributed by atoms with Gasteiger partial charge < -0.3 is 33.6 Å². The maximum atomic E-state index is 11.0. The summed E-state index contributed by atoms with van der Waals surface area (Å²) < 4.78 is 28.0. The molecule has 0 aliphatic rings. The standard InChI is InChI=1S/C24H36O7Si/c1-24(2,3)32(8,9)31-18-12-15(10-11-17(18)27-4)21(25)22(26)16-13-19(28-5)23(30-7)20(14-16)29-6/h10-14,21-22,25-26H,1-9H3/t21-,22?/m1/s1.